The molecule has 0 spiro atoms. The molecule has 0 bridgehead atoms. The smallest absolute Gasteiger partial charge is 0.00184 e. The molecular formula is C12H23N. The van der Waals surface area contributed by atoms with Crippen LogP contribution in [0.1, 0.15) is 40.0 Å². The number of piperidine rings is 1. The third kappa shape index (κ3) is 3.95. The zero-order chi connectivity index (χ0) is 9.90. The molecule has 1 saturated heterocycles. The van der Waals surface area contributed by atoms with Crippen molar-refractivity contribution in [3.8, 4) is 0 Å². The Labute approximate surface area is 82.8 Å². The zero-order valence-electron chi connectivity index (χ0n) is 9.40. The Morgan fingerprint density at radius 2 is 1.85 bits per heavy atom. The van der Waals surface area contributed by atoms with Gasteiger partial charge in [0.15, 0.2) is 0 Å². The van der Waals surface area contributed by atoms with E-state index in [1.807, 2.05) is 0 Å². The Hall–Kier alpha value is -0.300. The molecule has 0 amide bonds. The molecule has 13 heavy (non-hydrogen) atoms. The maximum Gasteiger partial charge on any atom is 0.00184 e. The van der Waals surface area contributed by atoms with E-state index < -0.39 is 0 Å². The molecule has 0 N–H and O–H groups in total. The third-order valence-electron chi connectivity index (χ3n) is 3.06. The van der Waals surface area contributed by atoms with Crippen molar-refractivity contribution >= 4 is 0 Å². The average Bonchev–Trinajstić information content (AvgIpc) is 2.02. The molecule has 1 aliphatic heterocycles. The maximum atomic E-state index is 3.94. The predicted octanol–water partition coefficient (Wildman–Crippen LogP) is 3.07. The molecule has 0 saturated carbocycles. The van der Waals surface area contributed by atoms with Gasteiger partial charge in [-0.2, -0.15) is 0 Å². The SMILES string of the molecule is C=C(C)CCN1CCC(C)(C)CC1. The number of hydrogen-bond donors (Lipinski definition) is 0. The van der Waals surface area contributed by atoms with Crippen molar-refractivity contribution < 1.29 is 0 Å². The van der Waals surface area contributed by atoms with Crippen molar-refractivity contribution in [1.29, 1.82) is 0 Å². The lowest BCUT2D eigenvalue weighted by Crippen LogP contribution is -2.37. The maximum absolute atomic E-state index is 3.94. The van der Waals surface area contributed by atoms with Crippen LogP contribution in [0.5, 0.6) is 0 Å². The van der Waals surface area contributed by atoms with Crippen LogP contribution < -0.4 is 0 Å². The molecule has 1 aliphatic rings. The van der Waals surface area contributed by atoms with Gasteiger partial charge in [-0.3, -0.25) is 0 Å². The molecule has 0 aromatic heterocycles. The molecule has 1 nitrogen and oxygen atoms in total. The molecule has 1 rings (SSSR count). The van der Waals surface area contributed by atoms with E-state index in [1.165, 1.54) is 44.5 Å². The second-order valence-corrected chi connectivity index (χ2v) is 5.21. The first-order valence-electron chi connectivity index (χ1n) is 5.36. The van der Waals surface area contributed by atoms with E-state index in [-0.39, 0.29) is 0 Å². The van der Waals surface area contributed by atoms with E-state index >= 15 is 0 Å². The molecule has 1 fully saturated rings. The number of likely N-dealkylation sites (tertiary alicyclic amines) is 1. The van der Waals surface area contributed by atoms with Crippen molar-refractivity contribution in [1.82, 2.24) is 4.90 Å². The van der Waals surface area contributed by atoms with Crippen LogP contribution in [0.25, 0.3) is 0 Å². The highest BCUT2D eigenvalue weighted by Crippen LogP contribution is 2.29. The van der Waals surface area contributed by atoms with Gasteiger partial charge < -0.3 is 4.90 Å². The second-order valence-electron chi connectivity index (χ2n) is 5.21. The van der Waals surface area contributed by atoms with Crippen LogP contribution in [0.3, 0.4) is 0 Å². The van der Waals surface area contributed by atoms with Crippen LogP contribution in [0.4, 0.5) is 0 Å². The molecule has 1 heteroatoms. The van der Waals surface area contributed by atoms with Gasteiger partial charge in [-0.05, 0) is 44.7 Å². The van der Waals surface area contributed by atoms with E-state index in [0.717, 1.165) is 0 Å². The van der Waals surface area contributed by atoms with Crippen LogP contribution >= 0.6 is 0 Å². The normalized spacial score (nSPS) is 23.0. The summed E-state index contributed by atoms with van der Waals surface area (Å²) in [5.74, 6) is 0. The largest absolute Gasteiger partial charge is 0.303 e. The fraction of sp³-hybridized carbons (Fsp3) is 0.833. The first-order chi connectivity index (χ1) is 5.99. The lowest BCUT2D eigenvalue weighted by Gasteiger charge is -2.36. The van der Waals surface area contributed by atoms with Crippen LogP contribution in [0.2, 0.25) is 0 Å². The molecule has 76 valence electrons. The second kappa shape index (κ2) is 4.28. The first kappa shape index (κ1) is 10.8. The topological polar surface area (TPSA) is 3.24 Å². The van der Waals surface area contributed by atoms with E-state index in [2.05, 4.69) is 32.3 Å². The average molecular weight is 181 g/mol. The molecular weight excluding hydrogens is 158 g/mol. The number of rotatable bonds is 3. The predicted molar refractivity (Wildman–Crippen MR) is 58.9 cm³/mol. The highest BCUT2D eigenvalue weighted by atomic mass is 15.1. The summed E-state index contributed by atoms with van der Waals surface area (Å²) in [6, 6.07) is 0. The molecule has 0 aromatic carbocycles. The van der Waals surface area contributed by atoms with E-state index in [4.69, 9.17) is 0 Å². The summed E-state index contributed by atoms with van der Waals surface area (Å²) in [5.41, 5.74) is 1.89. The molecule has 0 aromatic rings. The Balaban J connectivity index is 2.21. The molecule has 0 radical (unpaired) electrons. The molecule has 0 atom stereocenters. The molecule has 0 unspecified atom stereocenters. The number of hydrogen-bond acceptors (Lipinski definition) is 1. The van der Waals surface area contributed by atoms with Gasteiger partial charge in [0.05, 0.1) is 0 Å². The highest BCUT2D eigenvalue weighted by molar-refractivity contribution is 4.89. The van der Waals surface area contributed by atoms with E-state index in [1.54, 1.807) is 0 Å². The van der Waals surface area contributed by atoms with Crippen LogP contribution in [0, 0.1) is 5.41 Å². The summed E-state index contributed by atoms with van der Waals surface area (Å²) in [5, 5.41) is 0. The Morgan fingerprint density at radius 3 is 2.31 bits per heavy atom. The fourth-order valence-corrected chi connectivity index (χ4v) is 1.73. The highest BCUT2D eigenvalue weighted by Gasteiger charge is 2.24. The molecule has 0 aliphatic carbocycles. The van der Waals surface area contributed by atoms with Crippen molar-refractivity contribution in [3.05, 3.63) is 12.2 Å². The van der Waals surface area contributed by atoms with Gasteiger partial charge in [0.25, 0.3) is 0 Å². The van der Waals surface area contributed by atoms with Gasteiger partial charge in [-0.25, -0.2) is 0 Å². The van der Waals surface area contributed by atoms with Gasteiger partial charge in [0.2, 0.25) is 0 Å². The Bertz CT molecular complexity index is 172. The van der Waals surface area contributed by atoms with Crippen molar-refractivity contribution in [2.75, 3.05) is 19.6 Å². The van der Waals surface area contributed by atoms with Crippen molar-refractivity contribution in [2.24, 2.45) is 5.41 Å². The summed E-state index contributed by atoms with van der Waals surface area (Å²) < 4.78 is 0. The summed E-state index contributed by atoms with van der Waals surface area (Å²) >= 11 is 0. The monoisotopic (exact) mass is 181 g/mol. The van der Waals surface area contributed by atoms with Gasteiger partial charge in [0, 0.05) is 6.54 Å². The standard InChI is InChI=1S/C12H23N/c1-11(2)5-8-13-9-6-12(3,4)7-10-13/h1,5-10H2,2-4H3. The van der Waals surface area contributed by atoms with Crippen LogP contribution in [-0.2, 0) is 0 Å². The van der Waals surface area contributed by atoms with Crippen molar-refractivity contribution in [3.63, 3.8) is 0 Å². The summed E-state index contributed by atoms with van der Waals surface area (Å²) in [6.45, 7) is 14.6. The van der Waals surface area contributed by atoms with Gasteiger partial charge in [0.1, 0.15) is 0 Å². The van der Waals surface area contributed by atoms with Gasteiger partial charge in [-0.1, -0.05) is 19.4 Å². The Kier molecular flexibility index (Phi) is 3.55. The molecule has 1 heterocycles. The minimum absolute atomic E-state index is 0.583. The van der Waals surface area contributed by atoms with Gasteiger partial charge in [-0.15, -0.1) is 6.58 Å². The number of nitrogens with zero attached hydrogens (tertiary/aromatic N) is 1. The fourth-order valence-electron chi connectivity index (χ4n) is 1.73. The van der Waals surface area contributed by atoms with E-state index in [0.29, 0.717) is 5.41 Å². The van der Waals surface area contributed by atoms with E-state index in [9.17, 15) is 0 Å². The van der Waals surface area contributed by atoms with Crippen LogP contribution in [0.15, 0.2) is 12.2 Å². The summed E-state index contributed by atoms with van der Waals surface area (Å²) in [4.78, 5) is 2.57. The lowest BCUT2D eigenvalue weighted by molar-refractivity contribution is 0.134. The third-order valence-corrected chi connectivity index (χ3v) is 3.06. The quantitative estimate of drug-likeness (QED) is 0.605. The Morgan fingerprint density at radius 1 is 1.31 bits per heavy atom. The zero-order valence-corrected chi connectivity index (χ0v) is 9.40. The van der Waals surface area contributed by atoms with Gasteiger partial charge >= 0.3 is 0 Å². The minimum atomic E-state index is 0.583. The lowest BCUT2D eigenvalue weighted by atomic mass is 9.82. The van der Waals surface area contributed by atoms with Crippen molar-refractivity contribution in [2.45, 2.75) is 40.0 Å². The summed E-state index contributed by atoms with van der Waals surface area (Å²) in [7, 11) is 0. The minimum Gasteiger partial charge on any atom is -0.303 e. The van der Waals surface area contributed by atoms with Crippen LogP contribution in [-0.4, -0.2) is 24.5 Å². The first-order valence-corrected chi connectivity index (χ1v) is 5.36. The summed E-state index contributed by atoms with van der Waals surface area (Å²) in [6.07, 6.45) is 3.87.